The van der Waals surface area contributed by atoms with Gasteiger partial charge in [0.15, 0.2) is 0 Å². The molecule has 7 heteroatoms. The number of hydrogen-bond acceptors (Lipinski definition) is 4. The van der Waals surface area contributed by atoms with E-state index in [0.29, 0.717) is 5.56 Å². The molecule has 0 aliphatic carbocycles. The lowest BCUT2D eigenvalue weighted by Crippen LogP contribution is -2.24. The molecule has 0 saturated carbocycles. The second-order valence-electron chi connectivity index (χ2n) is 4.85. The Morgan fingerprint density at radius 1 is 1.13 bits per heavy atom. The van der Waals surface area contributed by atoms with Crippen molar-refractivity contribution in [1.29, 1.82) is 0 Å². The molecule has 0 fully saturated rings. The molecule has 3 rings (SSSR count). The Hall–Kier alpha value is -2.09. The number of aromatic nitrogens is 1. The smallest absolute Gasteiger partial charge is 0.243 e. The van der Waals surface area contributed by atoms with Crippen molar-refractivity contribution in [3.05, 3.63) is 70.9 Å². The number of sulfonamides is 1. The van der Waals surface area contributed by atoms with Crippen LogP contribution in [-0.2, 0) is 16.6 Å². The summed E-state index contributed by atoms with van der Waals surface area (Å²) in [6.07, 6.45) is 3.30. The molecule has 0 radical (unpaired) electrons. The number of nitrogens with one attached hydrogen (secondary N) is 1. The van der Waals surface area contributed by atoms with Gasteiger partial charge in [0.2, 0.25) is 10.0 Å². The van der Waals surface area contributed by atoms with Crippen molar-refractivity contribution in [3.8, 4) is 11.1 Å². The molecule has 0 unspecified atom stereocenters. The van der Waals surface area contributed by atoms with Crippen molar-refractivity contribution in [1.82, 2.24) is 9.71 Å². The summed E-state index contributed by atoms with van der Waals surface area (Å²) in [5.41, 5.74) is 2.64. The maximum absolute atomic E-state index is 13.6. The molecular weight excluding hydrogens is 335 g/mol. The summed E-state index contributed by atoms with van der Waals surface area (Å²) >= 11 is 1.58. The average molecular weight is 348 g/mol. The van der Waals surface area contributed by atoms with Crippen LogP contribution in [0.15, 0.2) is 64.4 Å². The number of halogens is 1. The van der Waals surface area contributed by atoms with E-state index >= 15 is 0 Å². The molecule has 0 atom stereocenters. The molecule has 118 valence electrons. The predicted molar refractivity (Wildman–Crippen MR) is 88.0 cm³/mol. The van der Waals surface area contributed by atoms with E-state index in [1.54, 1.807) is 23.7 Å². The Morgan fingerprint density at radius 2 is 1.96 bits per heavy atom. The highest BCUT2D eigenvalue weighted by molar-refractivity contribution is 7.89. The van der Waals surface area contributed by atoms with Gasteiger partial charge in [-0.25, -0.2) is 17.5 Å². The van der Waals surface area contributed by atoms with Crippen molar-refractivity contribution >= 4 is 21.4 Å². The topological polar surface area (TPSA) is 59.1 Å². The third-order valence-electron chi connectivity index (χ3n) is 3.24. The van der Waals surface area contributed by atoms with Crippen molar-refractivity contribution in [3.63, 3.8) is 0 Å². The molecule has 2 heterocycles. The zero-order valence-corrected chi connectivity index (χ0v) is 13.6. The first-order valence-corrected chi connectivity index (χ1v) is 9.19. The maximum Gasteiger partial charge on any atom is 0.243 e. The molecule has 3 aromatic rings. The number of benzene rings is 1. The van der Waals surface area contributed by atoms with Gasteiger partial charge in [-0.2, -0.15) is 11.3 Å². The summed E-state index contributed by atoms with van der Waals surface area (Å²) in [4.78, 5) is 3.77. The van der Waals surface area contributed by atoms with Gasteiger partial charge < -0.3 is 0 Å². The van der Waals surface area contributed by atoms with Crippen molar-refractivity contribution in [2.24, 2.45) is 0 Å². The van der Waals surface area contributed by atoms with E-state index in [4.69, 9.17) is 0 Å². The lowest BCUT2D eigenvalue weighted by atomic mass is 10.1. The molecule has 4 nitrogen and oxygen atoms in total. The first-order chi connectivity index (χ1) is 11.1. The Labute approximate surface area is 137 Å². The van der Waals surface area contributed by atoms with Crippen LogP contribution in [0, 0.1) is 5.82 Å². The Balaban J connectivity index is 1.78. The molecule has 0 aliphatic heterocycles. The average Bonchev–Trinajstić information content (AvgIpc) is 3.08. The molecule has 0 bridgehead atoms. The number of hydrogen-bond donors (Lipinski definition) is 1. The maximum atomic E-state index is 13.6. The van der Waals surface area contributed by atoms with Crippen LogP contribution in [-0.4, -0.2) is 13.4 Å². The summed E-state index contributed by atoms with van der Waals surface area (Å²) in [6, 6.07) is 9.11. The zero-order chi connectivity index (χ0) is 16.3. The van der Waals surface area contributed by atoms with Gasteiger partial charge in [0.05, 0.1) is 0 Å². The van der Waals surface area contributed by atoms with Crippen LogP contribution in [0.3, 0.4) is 0 Å². The largest absolute Gasteiger partial charge is 0.264 e. The van der Waals surface area contributed by atoms with Crippen molar-refractivity contribution in [2.75, 3.05) is 0 Å². The predicted octanol–water partition coefficient (Wildman–Crippen LogP) is 3.43. The van der Waals surface area contributed by atoms with Crippen molar-refractivity contribution < 1.29 is 12.8 Å². The summed E-state index contributed by atoms with van der Waals surface area (Å²) in [5.74, 6) is -0.773. The van der Waals surface area contributed by atoms with Gasteiger partial charge in [-0.05, 0) is 46.2 Å². The number of rotatable bonds is 5. The van der Waals surface area contributed by atoms with E-state index in [-0.39, 0.29) is 11.4 Å². The highest BCUT2D eigenvalue weighted by Crippen LogP contribution is 2.22. The number of thiophene rings is 1. The second kappa shape index (κ2) is 6.57. The van der Waals surface area contributed by atoms with Crippen LogP contribution in [0.25, 0.3) is 11.1 Å². The van der Waals surface area contributed by atoms with E-state index in [2.05, 4.69) is 9.71 Å². The van der Waals surface area contributed by atoms with Gasteiger partial charge in [0, 0.05) is 24.5 Å². The minimum atomic E-state index is -3.91. The van der Waals surface area contributed by atoms with Crippen LogP contribution < -0.4 is 4.72 Å². The van der Waals surface area contributed by atoms with Crippen LogP contribution in [0.1, 0.15) is 5.56 Å². The van der Waals surface area contributed by atoms with Gasteiger partial charge >= 0.3 is 0 Å². The van der Waals surface area contributed by atoms with E-state index in [1.807, 2.05) is 22.9 Å². The molecule has 0 amide bonds. The van der Waals surface area contributed by atoms with Crippen LogP contribution in [0.2, 0.25) is 0 Å². The van der Waals surface area contributed by atoms with Crippen LogP contribution >= 0.6 is 11.3 Å². The second-order valence-corrected chi connectivity index (χ2v) is 7.36. The third-order valence-corrected chi connectivity index (χ3v) is 5.36. The fraction of sp³-hybridized carbons (Fsp3) is 0.0625. The fourth-order valence-electron chi connectivity index (χ4n) is 2.09. The first-order valence-electron chi connectivity index (χ1n) is 6.77. The highest BCUT2D eigenvalue weighted by atomic mass is 32.2. The van der Waals surface area contributed by atoms with E-state index in [0.717, 1.165) is 17.2 Å². The van der Waals surface area contributed by atoms with Gasteiger partial charge in [0.25, 0.3) is 0 Å². The molecule has 1 aromatic carbocycles. The van der Waals surface area contributed by atoms with E-state index in [1.165, 1.54) is 18.2 Å². The van der Waals surface area contributed by atoms with E-state index in [9.17, 15) is 12.8 Å². The number of pyridine rings is 1. The monoisotopic (exact) mass is 348 g/mol. The summed E-state index contributed by atoms with van der Waals surface area (Å²) < 4.78 is 40.4. The lowest BCUT2D eigenvalue weighted by Gasteiger charge is -2.08. The van der Waals surface area contributed by atoms with Crippen LogP contribution in [0.4, 0.5) is 4.39 Å². The number of nitrogens with zero attached hydrogens (tertiary/aromatic N) is 1. The Kier molecular flexibility index (Phi) is 4.51. The highest BCUT2D eigenvalue weighted by Gasteiger charge is 2.18. The quantitative estimate of drug-likeness (QED) is 0.768. The molecular formula is C16H13FN2O2S2. The molecule has 0 aliphatic rings. The Bertz CT molecular complexity index is 909. The van der Waals surface area contributed by atoms with Crippen molar-refractivity contribution in [2.45, 2.75) is 11.4 Å². The SMILES string of the molecule is O=S(=O)(NCc1cncc(-c2ccsc2)c1)c1ccccc1F. The summed E-state index contributed by atoms with van der Waals surface area (Å²) in [7, 11) is -3.91. The summed E-state index contributed by atoms with van der Waals surface area (Å²) in [6.45, 7) is 0.0433. The molecule has 0 spiro atoms. The Morgan fingerprint density at radius 3 is 2.70 bits per heavy atom. The molecule has 2 aromatic heterocycles. The van der Waals surface area contributed by atoms with Gasteiger partial charge in [-0.1, -0.05) is 12.1 Å². The van der Waals surface area contributed by atoms with Gasteiger partial charge in [0.1, 0.15) is 10.7 Å². The normalized spacial score (nSPS) is 11.5. The fourth-order valence-corrected chi connectivity index (χ4v) is 3.85. The third kappa shape index (κ3) is 3.64. The first kappa shape index (κ1) is 15.8. The van der Waals surface area contributed by atoms with Gasteiger partial charge in [-0.15, -0.1) is 0 Å². The minimum Gasteiger partial charge on any atom is -0.264 e. The molecule has 0 saturated heterocycles. The minimum absolute atomic E-state index is 0.0433. The van der Waals surface area contributed by atoms with Crippen LogP contribution in [0.5, 0.6) is 0 Å². The summed E-state index contributed by atoms with van der Waals surface area (Å²) in [5, 5.41) is 3.95. The molecule has 23 heavy (non-hydrogen) atoms. The standard InChI is InChI=1S/C16H13FN2O2S2/c17-15-3-1-2-4-16(15)23(20,21)19-9-12-7-14(10-18-8-12)13-5-6-22-11-13/h1-8,10-11,19H,9H2. The molecule has 1 N–H and O–H groups in total. The zero-order valence-electron chi connectivity index (χ0n) is 11.9. The van der Waals surface area contributed by atoms with Gasteiger partial charge in [-0.3, -0.25) is 4.98 Å². The van der Waals surface area contributed by atoms with E-state index < -0.39 is 15.8 Å². The lowest BCUT2D eigenvalue weighted by molar-refractivity contribution is 0.557.